The molecule has 0 aromatic heterocycles. The summed E-state index contributed by atoms with van der Waals surface area (Å²) in [6.45, 7) is 0. The van der Waals surface area contributed by atoms with Gasteiger partial charge < -0.3 is 5.73 Å². The van der Waals surface area contributed by atoms with Gasteiger partial charge in [0.05, 0.1) is 0 Å². The van der Waals surface area contributed by atoms with Crippen LogP contribution in [0.1, 0.15) is 61.3 Å². The second kappa shape index (κ2) is 4.63. The van der Waals surface area contributed by atoms with Crippen LogP contribution in [0.4, 0.5) is 0 Å². The van der Waals surface area contributed by atoms with Gasteiger partial charge in [0.2, 0.25) is 0 Å². The summed E-state index contributed by atoms with van der Waals surface area (Å²) in [5.41, 5.74) is 11.2. The molecule has 2 saturated carbocycles. The second-order valence-electron chi connectivity index (χ2n) is 6.95. The summed E-state index contributed by atoms with van der Waals surface area (Å²) in [7, 11) is 0. The lowest BCUT2D eigenvalue weighted by atomic mass is 9.88. The average molecular weight is 255 g/mol. The highest BCUT2D eigenvalue weighted by atomic mass is 14.7. The van der Waals surface area contributed by atoms with Crippen LogP contribution in [0.25, 0.3) is 0 Å². The van der Waals surface area contributed by atoms with Gasteiger partial charge in [0, 0.05) is 6.04 Å². The average Bonchev–Trinajstić information content (AvgIpc) is 3.20. The molecule has 2 N–H and O–H groups in total. The molecule has 0 saturated heterocycles. The Hall–Kier alpha value is -0.820. The fourth-order valence-corrected chi connectivity index (χ4v) is 4.76. The minimum atomic E-state index is 0.306. The molecule has 0 radical (unpaired) electrons. The lowest BCUT2D eigenvalue weighted by Crippen LogP contribution is -2.15. The van der Waals surface area contributed by atoms with Crippen LogP contribution in [-0.2, 0) is 12.8 Å². The Morgan fingerprint density at radius 2 is 1.58 bits per heavy atom. The lowest BCUT2D eigenvalue weighted by molar-refractivity contribution is 0.480. The maximum atomic E-state index is 6.59. The highest BCUT2D eigenvalue weighted by Gasteiger charge is 2.53. The van der Waals surface area contributed by atoms with Gasteiger partial charge in [-0.1, -0.05) is 31.0 Å². The maximum absolute atomic E-state index is 6.59. The Labute approximate surface area is 116 Å². The van der Waals surface area contributed by atoms with Crippen molar-refractivity contribution in [3.05, 3.63) is 34.9 Å². The van der Waals surface area contributed by atoms with E-state index in [0.29, 0.717) is 6.04 Å². The first kappa shape index (κ1) is 12.0. The molecule has 0 heterocycles. The molecule has 1 aromatic carbocycles. The molecule has 1 aromatic rings. The first-order valence-electron chi connectivity index (χ1n) is 8.22. The van der Waals surface area contributed by atoms with Crippen LogP contribution < -0.4 is 5.73 Å². The third-order valence-electron chi connectivity index (χ3n) is 5.89. The van der Waals surface area contributed by atoms with E-state index in [9.17, 15) is 0 Å². The summed E-state index contributed by atoms with van der Waals surface area (Å²) in [6, 6.07) is 7.42. The Morgan fingerprint density at radius 1 is 0.895 bits per heavy atom. The molecule has 0 aliphatic heterocycles. The molecular weight excluding hydrogens is 230 g/mol. The van der Waals surface area contributed by atoms with E-state index in [2.05, 4.69) is 18.2 Å². The van der Waals surface area contributed by atoms with Crippen molar-refractivity contribution < 1.29 is 0 Å². The standard InChI is InChI=1S/C18H25N/c19-18(17-15-7-3-4-8-16(15)17)14-10-9-12-5-1-2-6-13(12)11-14/h9-11,15-18H,1-8,19H2. The monoisotopic (exact) mass is 255 g/mol. The number of fused-ring (bicyclic) bond motifs is 2. The molecule has 0 spiro atoms. The topological polar surface area (TPSA) is 26.0 Å². The van der Waals surface area contributed by atoms with E-state index in [1.807, 2.05) is 0 Å². The summed E-state index contributed by atoms with van der Waals surface area (Å²) in [5, 5.41) is 0. The van der Waals surface area contributed by atoms with Gasteiger partial charge in [-0.3, -0.25) is 0 Å². The van der Waals surface area contributed by atoms with Crippen LogP contribution in [0.2, 0.25) is 0 Å². The molecule has 3 atom stereocenters. The van der Waals surface area contributed by atoms with E-state index in [1.165, 1.54) is 56.9 Å². The van der Waals surface area contributed by atoms with Crippen molar-refractivity contribution >= 4 is 0 Å². The van der Waals surface area contributed by atoms with Crippen molar-refractivity contribution in [2.45, 2.75) is 57.4 Å². The number of hydrogen-bond donors (Lipinski definition) is 1. The summed E-state index contributed by atoms with van der Waals surface area (Å²) in [6.07, 6.45) is 11.0. The summed E-state index contributed by atoms with van der Waals surface area (Å²) in [5.74, 6) is 2.71. The summed E-state index contributed by atoms with van der Waals surface area (Å²) < 4.78 is 0. The first-order valence-corrected chi connectivity index (χ1v) is 8.22. The highest BCUT2D eigenvalue weighted by Crippen LogP contribution is 2.59. The molecule has 3 unspecified atom stereocenters. The lowest BCUT2D eigenvalue weighted by Gasteiger charge is -2.19. The zero-order valence-electron chi connectivity index (χ0n) is 11.8. The highest BCUT2D eigenvalue weighted by molar-refractivity contribution is 5.36. The molecule has 4 rings (SSSR count). The molecule has 19 heavy (non-hydrogen) atoms. The molecule has 0 amide bonds. The van der Waals surface area contributed by atoms with Gasteiger partial charge in [-0.2, -0.15) is 0 Å². The smallest absolute Gasteiger partial charge is 0.0329 e. The van der Waals surface area contributed by atoms with Crippen molar-refractivity contribution in [3.63, 3.8) is 0 Å². The number of benzene rings is 1. The number of nitrogens with two attached hydrogens (primary N) is 1. The normalized spacial score (nSPS) is 34.3. The maximum Gasteiger partial charge on any atom is 0.0329 e. The third-order valence-corrected chi connectivity index (χ3v) is 5.89. The molecule has 1 nitrogen and oxygen atoms in total. The van der Waals surface area contributed by atoms with Crippen LogP contribution in [0, 0.1) is 17.8 Å². The van der Waals surface area contributed by atoms with E-state index in [0.717, 1.165) is 17.8 Å². The van der Waals surface area contributed by atoms with Gasteiger partial charge in [0.25, 0.3) is 0 Å². The Balaban J connectivity index is 1.55. The third kappa shape index (κ3) is 2.03. The predicted octanol–water partition coefficient (Wildman–Crippen LogP) is 4.00. The van der Waals surface area contributed by atoms with Gasteiger partial charge in [-0.25, -0.2) is 0 Å². The Bertz CT molecular complexity index is 467. The number of hydrogen-bond acceptors (Lipinski definition) is 1. The molecular formula is C18H25N. The second-order valence-corrected chi connectivity index (χ2v) is 6.95. The minimum absolute atomic E-state index is 0.306. The SMILES string of the molecule is NC(c1ccc2c(c1)CCCC2)C1C2CCCCC21. The van der Waals surface area contributed by atoms with Crippen LogP contribution >= 0.6 is 0 Å². The molecule has 3 aliphatic carbocycles. The zero-order valence-corrected chi connectivity index (χ0v) is 11.8. The van der Waals surface area contributed by atoms with Crippen LogP contribution in [0.5, 0.6) is 0 Å². The van der Waals surface area contributed by atoms with Crippen LogP contribution in [-0.4, -0.2) is 0 Å². The molecule has 2 fully saturated rings. The molecule has 0 bridgehead atoms. The van der Waals surface area contributed by atoms with Crippen LogP contribution in [0.3, 0.4) is 0 Å². The van der Waals surface area contributed by atoms with Gasteiger partial charge in [-0.15, -0.1) is 0 Å². The van der Waals surface area contributed by atoms with Crippen molar-refractivity contribution in [2.75, 3.05) is 0 Å². The van der Waals surface area contributed by atoms with Crippen LogP contribution in [0.15, 0.2) is 18.2 Å². The molecule has 1 heteroatoms. The minimum Gasteiger partial charge on any atom is -0.324 e. The van der Waals surface area contributed by atoms with Crippen molar-refractivity contribution in [1.29, 1.82) is 0 Å². The van der Waals surface area contributed by atoms with Crippen molar-refractivity contribution in [2.24, 2.45) is 23.5 Å². The largest absolute Gasteiger partial charge is 0.324 e. The fourth-order valence-electron chi connectivity index (χ4n) is 4.76. The van der Waals surface area contributed by atoms with E-state index in [-0.39, 0.29) is 0 Å². The van der Waals surface area contributed by atoms with Gasteiger partial charge in [0.1, 0.15) is 0 Å². The van der Waals surface area contributed by atoms with Gasteiger partial charge in [-0.05, 0) is 73.0 Å². The van der Waals surface area contributed by atoms with E-state index < -0.39 is 0 Å². The zero-order chi connectivity index (χ0) is 12.8. The van der Waals surface area contributed by atoms with E-state index in [4.69, 9.17) is 5.73 Å². The van der Waals surface area contributed by atoms with Crippen molar-refractivity contribution in [1.82, 2.24) is 0 Å². The number of rotatable bonds is 2. The van der Waals surface area contributed by atoms with E-state index >= 15 is 0 Å². The summed E-state index contributed by atoms with van der Waals surface area (Å²) >= 11 is 0. The Kier molecular flexibility index (Phi) is 2.91. The van der Waals surface area contributed by atoms with Gasteiger partial charge >= 0.3 is 0 Å². The van der Waals surface area contributed by atoms with Crippen molar-refractivity contribution in [3.8, 4) is 0 Å². The summed E-state index contributed by atoms with van der Waals surface area (Å²) in [4.78, 5) is 0. The quantitative estimate of drug-likeness (QED) is 0.849. The first-order chi connectivity index (χ1) is 9.34. The predicted molar refractivity (Wildman–Crippen MR) is 79.0 cm³/mol. The van der Waals surface area contributed by atoms with E-state index in [1.54, 1.807) is 11.1 Å². The number of aryl methyl sites for hydroxylation is 2. The Morgan fingerprint density at radius 3 is 2.32 bits per heavy atom. The molecule has 3 aliphatic rings. The molecule has 102 valence electrons. The fraction of sp³-hybridized carbons (Fsp3) is 0.667. The van der Waals surface area contributed by atoms with Gasteiger partial charge in [0.15, 0.2) is 0 Å².